The molecule has 1 heterocycles. The molecule has 4 aromatic rings. The highest BCUT2D eigenvalue weighted by molar-refractivity contribution is 6.74. The molecule has 0 aromatic heterocycles. The molecule has 322 valence electrons. The number of hydrogen-bond acceptors (Lipinski definition) is 6. The molecular weight excluding hydrogens is 771 g/mol. The molecule has 0 spiro atoms. The Bertz CT molecular complexity index is 2070. The zero-order valence-electron chi connectivity index (χ0n) is 39.7. The number of carbonyl (C=O) groups excluding carboxylic acids is 1. The summed E-state index contributed by atoms with van der Waals surface area (Å²) in [5.41, 5.74) is 10.7. The van der Waals surface area contributed by atoms with Gasteiger partial charge in [0, 0.05) is 28.9 Å². The predicted molar refractivity (Wildman–Crippen MR) is 262 cm³/mol. The quantitative estimate of drug-likeness (QED) is 0.0649. The van der Waals surface area contributed by atoms with Crippen LogP contribution >= 0.6 is 0 Å². The third kappa shape index (κ3) is 9.42. The summed E-state index contributed by atoms with van der Waals surface area (Å²) >= 11 is 0. The maximum atomic E-state index is 11.7. The number of benzene rings is 4. The van der Waals surface area contributed by atoms with E-state index in [9.17, 15) is 4.79 Å². The normalized spacial score (nSPS) is 17.3. The van der Waals surface area contributed by atoms with E-state index in [0.29, 0.717) is 12.0 Å². The van der Waals surface area contributed by atoms with Crippen molar-refractivity contribution >= 4 is 57.3 Å². The largest absolute Gasteiger partial charge is 0.338 e. The van der Waals surface area contributed by atoms with Gasteiger partial charge in [0.05, 0.1) is 22.5 Å². The van der Waals surface area contributed by atoms with Crippen molar-refractivity contribution in [1.29, 1.82) is 0 Å². The number of carbonyl (C=O) groups is 1. The van der Waals surface area contributed by atoms with Gasteiger partial charge in [-0.25, -0.2) is 0 Å². The second-order valence-corrected chi connectivity index (χ2v) is 31.7. The minimum absolute atomic E-state index is 0.0726. The summed E-state index contributed by atoms with van der Waals surface area (Å²) in [5, 5.41) is 4.42. The first kappa shape index (κ1) is 45.6. The molecule has 1 fully saturated rings. The van der Waals surface area contributed by atoms with Gasteiger partial charge in [0.1, 0.15) is 6.29 Å². The molecule has 0 N–H and O–H groups in total. The topological polar surface area (TPSA) is 45.2 Å². The van der Waals surface area contributed by atoms with Crippen LogP contribution in [0.25, 0.3) is 11.6 Å². The molecule has 6 nitrogen and oxygen atoms in total. The lowest BCUT2D eigenvalue weighted by Gasteiger charge is -2.45. The zero-order valence-corrected chi connectivity index (χ0v) is 41.7. The van der Waals surface area contributed by atoms with Gasteiger partial charge in [-0.3, -0.25) is 14.9 Å². The van der Waals surface area contributed by atoms with Gasteiger partial charge in [-0.05, 0) is 179 Å². The number of anilines is 4. The van der Waals surface area contributed by atoms with Gasteiger partial charge >= 0.3 is 0 Å². The first-order valence-electron chi connectivity index (χ1n) is 22.1. The van der Waals surface area contributed by atoms with Crippen molar-refractivity contribution in [2.45, 2.75) is 162 Å². The molecule has 8 heteroatoms. The van der Waals surface area contributed by atoms with E-state index in [1.165, 1.54) is 29.8 Å². The molecule has 0 amide bonds. The zero-order chi connectivity index (χ0) is 44.2. The third-order valence-corrected chi connectivity index (χ3v) is 21.9. The summed E-state index contributed by atoms with van der Waals surface area (Å²) in [6.07, 6.45) is 6.84. The Morgan fingerprint density at radius 2 is 1.07 bits per heavy atom. The van der Waals surface area contributed by atoms with Crippen LogP contribution in [0, 0.1) is 0 Å². The second-order valence-electron chi connectivity index (χ2n) is 22.3. The average molecular weight is 844 g/mol. The summed E-state index contributed by atoms with van der Waals surface area (Å²) in [6.45, 7) is 36.3. The van der Waals surface area contributed by atoms with Crippen molar-refractivity contribution in [3.63, 3.8) is 0 Å². The molecule has 1 saturated carbocycles. The van der Waals surface area contributed by atoms with E-state index in [4.69, 9.17) is 9.05 Å². The van der Waals surface area contributed by atoms with Gasteiger partial charge < -0.3 is 14.0 Å². The van der Waals surface area contributed by atoms with Crippen molar-refractivity contribution in [1.82, 2.24) is 0 Å². The smallest absolute Gasteiger partial charge is 0.228 e. The minimum Gasteiger partial charge on any atom is -0.338 e. The average Bonchev–Trinajstić information content (AvgIpc) is 3.75. The van der Waals surface area contributed by atoms with Gasteiger partial charge in [-0.2, -0.15) is 0 Å². The van der Waals surface area contributed by atoms with Gasteiger partial charge in [-0.15, -0.1) is 0 Å². The van der Waals surface area contributed by atoms with Crippen LogP contribution < -0.4 is 15.0 Å². The molecule has 60 heavy (non-hydrogen) atoms. The Hall–Kier alpha value is -3.96. The lowest BCUT2D eigenvalue weighted by atomic mass is 9.94. The maximum Gasteiger partial charge on any atom is 0.228 e. The molecule has 1 aliphatic heterocycles. The van der Waals surface area contributed by atoms with E-state index in [1.807, 2.05) is 6.07 Å². The first-order chi connectivity index (χ1) is 27.7. The molecule has 0 bridgehead atoms. The fourth-order valence-electron chi connectivity index (χ4n) is 7.95. The number of rotatable bonds is 11. The van der Waals surface area contributed by atoms with Crippen molar-refractivity contribution in [2.75, 3.05) is 15.0 Å². The van der Waals surface area contributed by atoms with E-state index >= 15 is 0 Å². The Labute approximate surface area is 365 Å². The molecular formula is C52H73N3O3Si2. The highest BCUT2D eigenvalue weighted by atomic mass is 28.4. The standard InChI is InChI=1S/C52H73N3O3Si2/c1-49(2,3)54(57-59(13,14)51(7,8)9)42-29-23-39(24-30-42)45(40-25-31-43(32-26-40)55(50(4,5)6)58-60(15,16)52(10,11)12)34-37-20-27-41(28-21-37)53-47-19-17-18-44(47)46-35-38(36-56)22-33-48(46)53/h20-36,44,47H,17-19H2,1-16H3. The Balaban J connectivity index is 1.40. The lowest BCUT2D eigenvalue weighted by molar-refractivity contribution is 0.112. The van der Waals surface area contributed by atoms with E-state index in [0.717, 1.165) is 51.9 Å². The van der Waals surface area contributed by atoms with Gasteiger partial charge in [0.25, 0.3) is 0 Å². The number of nitrogens with zero attached hydrogens (tertiary/aromatic N) is 3. The monoisotopic (exact) mass is 844 g/mol. The highest BCUT2D eigenvalue weighted by Gasteiger charge is 2.44. The summed E-state index contributed by atoms with van der Waals surface area (Å²) in [4.78, 5) is 14.2. The van der Waals surface area contributed by atoms with Crippen molar-refractivity contribution < 1.29 is 13.8 Å². The summed E-state index contributed by atoms with van der Waals surface area (Å²) in [6, 6.07) is 33.5. The van der Waals surface area contributed by atoms with Gasteiger partial charge in [0.15, 0.2) is 0 Å². The van der Waals surface area contributed by atoms with E-state index in [-0.39, 0.29) is 21.2 Å². The van der Waals surface area contributed by atoms with Crippen LogP contribution in [0.5, 0.6) is 0 Å². The molecule has 1 aliphatic carbocycles. The molecule has 0 saturated heterocycles. The predicted octanol–water partition coefficient (Wildman–Crippen LogP) is 15.0. The van der Waals surface area contributed by atoms with Crippen molar-refractivity contribution in [2.24, 2.45) is 0 Å². The molecule has 4 aromatic carbocycles. The van der Waals surface area contributed by atoms with Crippen molar-refractivity contribution in [3.05, 3.63) is 119 Å². The molecule has 6 rings (SSSR count). The van der Waals surface area contributed by atoms with Crippen LogP contribution in [0.4, 0.5) is 22.7 Å². The minimum atomic E-state index is -2.11. The Kier molecular flexibility index (Phi) is 12.4. The Morgan fingerprint density at radius 1 is 0.617 bits per heavy atom. The number of fused-ring (bicyclic) bond motifs is 3. The van der Waals surface area contributed by atoms with E-state index < -0.39 is 16.6 Å². The molecule has 2 atom stereocenters. The third-order valence-electron chi connectivity index (χ3n) is 13.4. The lowest BCUT2D eigenvalue weighted by Crippen LogP contribution is -2.52. The van der Waals surface area contributed by atoms with Crippen LogP contribution in [-0.2, 0) is 9.05 Å². The van der Waals surface area contributed by atoms with Crippen LogP contribution in [-0.4, -0.2) is 40.0 Å². The summed E-state index contributed by atoms with van der Waals surface area (Å²) < 4.78 is 14.0. The first-order valence-corrected chi connectivity index (χ1v) is 27.9. The molecule has 2 aliphatic rings. The Morgan fingerprint density at radius 3 is 1.48 bits per heavy atom. The van der Waals surface area contributed by atoms with Crippen LogP contribution in [0.1, 0.15) is 141 Å². The molecule has 0 radical (unpaired) electrons. The maximum absolute atomic E-state index is 11.7. The van der Waals surface area contributed by atoms with E-state index in [2.05, 4.69) is 215 Å². The number of aldehydes is 1. The number of hydroxylamine groups is 2. The molecule has 2 unspecified atom stereocenters. The summed E-state index contributed by atoms with van der Waals surface area (Å²) in [5.74, 6) is 0.472. The van der Waals surface area contributed by atoms with Gasteiger partial charge in [0.2, 0.25) is 16.6 Å². The summed E-state index contributed by atoms with van der Waals surface area (Å²) in [7, 11) is -4.23. The fourth-order valence-corrected chi connectivity index (χ4v) is 10.2. The van der Waals surface area contributed by atoms with Crippen molar-refractivity contribution in [3.8, 4) is 0 Å². The SMILES string of the molecule is CC(C)(C)N(O[Si](C)(C)C(C)(C)C)c1ccc(C(=Cc2ccc(N3c4ccc(C=O)cc4C4CCCC43)cc2)c2ccc(N(O[Si](C)(C)C(C)(C)C)C(C)(C)C)cc2)cc1. The number of hydrogen-bond donors (Lipinski definition) is 0. The van der Waals surface area contributed by atoms with Gasteiger partial charge in [-0.1, -0.05) is 84.4 Å². The second kappa shape index (κ2) is 16.4. The van der Waals surface area contributed by atoms with Crippen LogP contribution in [0.15, 0.2) is 91.0 Å². The van der Waals surface area contributed by atoms with E-state index in [1.54, 1.807) is 0 Å². The van der Waals surface area contributed by atoms with Crippen LogP contribution in [0.3, 0.4) is 0 Å². The van der Waals surface area contributed by atoms with Crippen LogP contribution in [0.2, 0.25) is 36.3 Å². The fraction of sp³-hybridized carbons (Fsp3) is 0.481. The highest BCUT2D eigenvalue weighted by Crippen LogP contribution is 2.52.